The summed E-state index contributed by atoms with van der Waals surface area (Å²) in [5, 5.41) is 12.3. The molecule has 6 nitrogen and oxygen atoms in total. The highest BCUT2D eigenvalue weighted by Gasteiger charge is 2.53. The smallest absolute Gasteiger partial charge is 0.194 e. The van der Waals surface area contributed by atoms with Gasteiger partial charge in [-0.2, -0.15) is 0 Å². The highest BCUT2D eigenvalue weighted by atomic mass is 127. The summed E-state index contributed by atoms with van der Waals surface area (Å²) in [6.45, 7) is 13.8. The van der Waals surface area contributed by atoms with E-state index in [1.54, 1.807) is 7.11 Å². The zero-order valence-electron chi connectivity index (χ0n) is 17.3. The van der Waals surface area contributed by atoms with Gasteiger partial charge in [-0.1, -0.05) is 19.9 Å². The van der Waals surface area contributed by atoms with Crippen LogP contribution in [-0.2, 0) is 6.54 Å². The second-order valence-electron chi connectivity index (χ2n) is 7.76. The molecule has 1 aliphatic heterocycles. The van der Waals surface area contributed by atoms with E-state index in [1.807, 2.05) is 18.2 Å². The number of likely N-dealkylation sites (tertiary alicyclic amines) is 1. The Morgan fingerprint density at radius 1 is 1.26 bits per heavy atom. The summed E-state index contributed by atoms with van der Waals surface area (Å²) in [6, 6.07) is 5.78. The van der Waals surface area contributed by atoms with Crippen LogP contribution in [-0.4, -0.2) is 54.9 Å². The van der Waals surface area contributed by atoms with Crippen LogP contribution in [0.4, 0.5) is 0 Å². The van der Waals surface area contributed by atoms with Crippen LogP contribution in [0.25, 0.3) is 0 Å². The third-order valence-electron chi connectivity index (χ3n) is 5.46. The minimum absolute atomic E-state index is 0. The van der Waals surface area contributed by atoms with Crippen LogP contribution in [0.1, 0.15) is 40.2 Å². The zero-order valence-corrected chi connectivity index (χ0v) is 19.7. The number of nitrogens with zero attached hydrogens (tertiary/aromatic N) is 2. The van der Waals surface area contributed by atoms with Gasteiger partial charge in [-0.15, -0.1) is 24.0 Å². The molecule has 1 saturated heterocycles. The maximum atomic E-state index is 8.91. The fourth-order valence-electron chi connectivity index (χ4n) is 3.05. The Hall–Kier alpha value is -1.22. The van der Waals surface area contributed by atoms with Crippen LogP contribution in [0.5, 0.6) is 11.5 Å². The van der Waals surface area contributed by atoms with E-state index >= 15 is 0 Å². The summed E-state index contributed by atoms with van der Waals surface area (Å²) in [6.07, 6.45) is 0. The lowest BCUT2D eigenvalue weighted by Crippen LogP contribution is -2.72. The lowest BCUT2D eigenvalue weighted by Gasteiger charge is -2.62. The van der Waals surface area contributed by atoms with Crippen LogP contribution in [0.3, 0.4) is 0 Å². The van der Waals surface area contributed by atoms with Crippen molar-refractivity contribution in [3.8, 4) is 11.5 Å². The molecule has 1 aliphatic rings. The first kappa shape index (κ1) is 23.8. The molecule has 2 N–H and O–H groups in total. The standard InChI is InChI=1S/C20H33N3O3.HI/c1-7-21-18(23-14-19(2,3)20(23,4)5)22-13-15-8-9-16(26-11-10-24)17(12-15)25-6;/h8-9,12,24H,7,10-11,13-14H2,1-6H3,(H,21,22);1H. The molecule has 7 heteroatoms. The highest BCUT2D eigenvalue weighted by Crippen LogP contribution is 2.46. The Bertz CT molecular complexity index is 647. The van der Waals surface area contributed by atoms with E-state index in [2.05, 4.69) is 44.8 Å². The predicted molar refractivity (Wildman–Crippen MR) is 120 cm³/mol. The van der Waals surface area contributed by atoms with Gasteiger partial charge in [0, 0.05) is 24.0 Å². The fourth-order valence-corrected chi connectivity index (χ4v) is 3.05. The molecule has 1 aromatic carbocycles. The average Bonchev–Trinajstić information content (AvgIpc) is 2.62. The molecule has 0 aliphatic carbocycles. The number of methoxy groups -OCH3 is 1. The maximum Gasteiger partial charge on any atom is 0.194 e. The van der Waals surface area contributed by atoms with E-state index in [1.165, 1.54) is 0 Å². The number of hydrogen-bond acceptors (Lipinski definition) is 4. The number of halogens is 1. The average molecular weight is 491 g/mol. The Labute approximate surface area is 180 Å². The fraction of sp³-hybridized carbons (Fsp3) is 0.650. The van der Waals surface area contributed by atoms with Crippen LogP contribution in [0.15, 0.2) is 23.2 Å². The lowest BCUT2D eigenvalue weighted by atomic mass is 9.65. The van der Waals surface area contributed by atoms with E-state index in [4.69, 9.17) is 19.6 Å². The summed E-state index contributed by atoms with van der Waals surface area (Å²) < 4.78 is 10.9. The number of nitrogens with one attached hydrogen (secondary N) is 1. The molecule has 1 fully saturated rings. The molecule has 0 amide bonds. The molecule has 0 unspecified atom stereocenters. The number of hydrogen-bond donors (Lipinski definition) is 2. The van der Waals surface area contributed by atoms with Crippen LogP contribution in [0.2, 0.25) is 0 Å². The number of guanidine groups is 1. The Morgan fingerprint density at radius 2 is 1.96 bits per heavy atom. The number of ether oxygens (including phenoxy) is 2. The van der Waals surface area contributed by atoms with Gasteiger partial charge in [0.1, 0.15) is 6.61 Å². The number of rotatable bonds is 7. The quantitative estimate of drug-likeness (QED) is 0.348. The molecule has 2 rings (SSSR count). The van der Waals surface area contributed by atoms with Gasteiger partial charge < -0.3 is 24.8 Å². The lowest BCUT2D eigenvalue weighted by molar-refractivity contribution is -0.0667. The second kappa shape index (κ2) is 9.82. The molecular formula is C20H34IN3O3. The van der Waals surface area contributed by atoms with E-state index in [9.17, 15) is 0 Å². The van der Waals surface area contributed by atoms with Gasteiger partial charge in [-0.3, -0.25) is 0 Å². The predicted octanol–water partition coefficient (Wildman–Crippen LogP) is 3.27. The van der Waals surface area contributed by atoms with Crippen LogP contribution in [0, 0.1) is 5.41 Å². The Kier molecular flexibility index (Phi) is 8.66. The largest absolute Gasteiger partial charge is 0.493 e. The van der Waals surface area contributed by atoms with Crippen LogP contribution >= 0.6 is 24.0 Å². The summed E-state index contributed by atoms with van der Waals surface area (Å²) in [5.41, 5.74) is 1.37. The van der Waals surface area contributed by atoms with Gasteiger partial charge in [0.2, 0.25) is 0 Å². The molecule has 0 aromatic heterocycles. The summed E-state index contributed by atoms with van der Waals surface area (Å²) in [7, 11) is 1.61. The van der Waals surface area contributed by atoms with Gasteiger partial charge in [-0.25, -0.2) is 4.99 Å². The molecule has 0 atom stereocenters. The maximum absolute atomic E-state index is 8.91. The first-order valence-electron chi connectivity index (χ1n) is 9.23. The third kappa shape index (κ3) is 5.19. The van der Waals surface area contributed by atoms with E-state index < -0.39 is 0 Å². The van der Waals surface area contributed by atoms with Crippen molar-refractivity contribution in [1.29, 1.82) is 0 Å². The number of aliphatic imine (C=N–C) groups is 1. The topological polar surface area (TPSA) is 66.3 Å². The zero-order chi connectivity index (χ0) is 19.4. The Balaban J connectivity index is 0.00000364. The molecule has 1 heterocycles. The molecule has 0 spiro atoms. The van der Waals surface area contributed by atoms with Gasteiger partial charge in [0.15, 0.2) is 17.5 Å². The molecule has 154 valence electrons. The highest BCUT2D eigenvalue weighted by molar-refractivity contribution is 14.0. The van der Waals surface area contributed by atoms with Gasteiger partial charge in [0.25, 0.3) is 0 Å². The minimum atomic E-state index is -0.0246. The number of aliphatic hydroxyl groups excluding tert-OH is 1. The number of aliphatic hydroxyl groups is 1. The van der Waals surface area contributed by atoms with Gasteiger partial charge in [-0.05, 0) is 38.5 Å². The van der Waals surface area contributed by atoms with Crippen molar-refractivity contribution < 1.29 is 14.6 Å². The van der Waals surface area contributed by atoms with Crippen molar-refractivity contribution in [3.05, 3.63) is 23.8 Å². The minimum Gasteiger partial charge on any atom is -0.493 e. The summed E-state index contributed by atoms with van der Waals surface area (Å²) >= 11 is 0. The number of benzene rings is 1. The SMILES string of the molecule is CCNC(=NCc1ccc(OCCO)c(OC)c1)N1CC(C)(C)C1(C)C.I. The molecule has 0 saturated carbocycles. The van der Waals surface area contributed by atoms with Gasteiger partial charge >= 0.3 is 0 Å². The second-order valence-corrected chi connectivity index (χ2v) is 7.76. The van der Waals surface area contributed by atoms with E-state index in [0.29, 0.717) is 18.0 Å². The van der Waals surface area contributed by atoms with E-state index in [-0.39, 0.29) is 48.1 Å². The summed E-state index contributed by atoms with van der Waals surface area (Å²) in [5.74, 6) is 2.23. The normalized spacial score (nSPS) is 17.6. The summed E-state index contributed by atoms with van der Waals surface area (Å²) in [4.78, 5) is 7.17. The van der Waals surface area contributed by atoms with Crippen LogP contribution < -0.4 is 14.8 Å². The molecule has 1 aromatic rings. The van der Waals surface area contributed by atoms with Crippen molar-refractivity contribution in [1.82, 2.24) is 10.2 Å². The molecule has 0 radical (unpaired) electrons. The van der Waals surface area contributed by atoms with E-state index in [0.717, 1.165) is 24.6 Å². The van der Waals surface area contributed by atoms with Crippen molar-refractivity contribution >= 4 is 29.9 Å². The van der Waals surface area contributed by atoms with Crippen molar-refractivity contribution in [2.24, 2.45) is 10.4 Å². The van der Waals surface area contributed by atoms with Crippen molar-refractivity contribution in [3.63, 3.8) is 0 Å². The first-order chi connectivity index (χ1) is 12.3. The van der Waals surface area contributed by atoms with Gasteiger partial charge in [0.05, 0.1) is 20.3 Å². The molecule has 27 heavy (non-hydrogen) atoms. The third-order valence-corrected chi connectivity index (χ3v) is 5.46. The Morgan fingerprint density at radius 3 is 2.48 bits per heavy atom. The monoisotopic (exact) mass is 491 g/mol. The molecular weight excluding hydrogens is 457 g/mol. The van der Waals surface area contributed by atoms with Crippen molar-refractivity contribution in [2.45, 2.75) is 46.7 Å². The first-order valence-corrected chi connectivity index (χ1v) is 9.23. The molecule has 0 bridgehead atoms. The van der Waals surface area contributed by atoms with Crippen molar-refractivity contribution in [2.75, 3.05) is 33.4 Å².